The second-order valence-corrected chi connectivity index (χ2v) is 6.86. The van der Waals surface area contributed by atoms with E-state index in [1.54, 1.807) is 17.9 Å². The largest absolute Gasteiger partial charge is 0.340 e. The Kier molecular flexibility index (Phi) is 4.63. The van der Waals surface area contributed by atoms with E-state index in [1.165, 1.54) is 6.08 Å². The molecule has 1 aromatic carbocycles. The number of benzene rings is 1. The molecule has 0 fully saturated rings. The molecule has 1 aromatic heterocycles. The third-order valence-electron chi connectivity index (χ3n) is 4.41. The molecule has 0 bridgehead atoms. The number of amides is 2. The molecule has 2 aromatic rings. The maximum absolute atomic E-state index is 12.7. The van der Waals surface area contributed by atoms with Crippen LogP contribution in [0.15, 0.2) is 35.4 Å². The molecule has 2 heterocycles. The SMILES string of the molecule is C=CC(=O)N1CCCc2cc(C(=O)NC(C)(C)c3noc(C)n3)ccc21. The van der Waals surface area contributed by atoms with Crippen LogP contribution in [0.1, 0.15) is 47.9 Å². The van der Waals surface area contributed by atoms with Crippen LogP contribution in [0.3, 0.4) is 0 Å². The van der Waals surface area contributed by atoms with Crippen molar-refractivity contribution in [3.05, 3.63) is 53.7 Å². The molecule has 1 aliphatic rings. The molecular formula is C19H22N4O3. The van der Waals surface area contributed by atoms with E-state index in [-0.39, 0.29) is 11.8 Å². The Hall–Kier alpha value is -2.96. The van der Waals surface area contributed by atoms with Crippen LogP contribution >= 0.6 is 0 Å². The van der Waals surface area contributed by atoms with E-state index in [1.807, 2.05) is 26.0 Å². The highest BCUT2D eigenvalue weighted by atomic mass is 16.5. The summed E-state index contributed by atoms with van der Waals surface area (Å²) in [6.45, 7) is 9.55. The van der Waals surface area contributed by atoms with Gasteiger partial charge in [-0.05, 0) is 56.5 Å². The Morgan fingerprint density at radius 1 is 1.38 bits per heavy atom. The van der Waals surface area contributed by atoms with Crippen molar-refractivity contribution in [3.8, 4) is 0 Å². The molecular weight excluding hydrogens is 332 g/mol. The monoisotopic (exact) mass is 354 g/mol. The maximum atomic E-state index is 12.7. The molecule has 0 unspecified atom stereocenters. The van der Waals surface area contributed by atoms with Crippen molar-refractivity contribution in [2.24, 2.45) is 0 Å². The number of hydrogen-bond donors (Lipinski definition) is 1. The van der Waals surface area contributed by atoms with Crippen molar-refractivity contribution < 1.29 is 14.1 Å². The van der Waals surface area contributed by atoms with Gasteiger partial charge in [0.1, 0.15) is 0 Å². The summed E-state index contributed by atoms with van der Waals surface area (Å²) < 4.78 is 5.00. The van der Waals surface area contributed by atoms with Gasteiger partial charge in [0.2, 0.25) is 11.8 Å². The first-order valence-corrected chi connectivity index (χ1v) is 8.52. The van der Waals surface area contributed by atoms with Gasteiger partial charge in [-0.3, -0.25) is 9.59 Å². The van der Waals surface area contributed by atoms with Crippen LogP contribution < -0.4 is 10.2 Å². The van der Waals surface area contributed by atoms with Crippen LogP contribution in [0, 0.1) is 6.92 Å². The van der Waals surface area contributed by atoms with E-state index in [9.17, 15) is 9.59 Å². The summed E-state index contributed by atoms with van der Waals surface area (Å²) in [4.78, 5) is 30.6. The second kappa shape index (κ2) is 6.74. The van der Waals surface area contributed by atoms with Gasteiger partial charge in [0.05, 0.1) is 5.54 Å². The molecule has 1 N–H and O–H groups in total. The molecule has 26 heavy (non-hydrogen) atoms. The lowest BCUT2D eigenvalue weighted by molar-refractivity contribution is -0.114. The number of anilines is 1. The fraction of sp³-hybridized carbons (Fsp3) is 0.368. The van der Waals surface area contributed by atoms with Crippen molar-refractivity contribution >= 4 is 17.5 Å². The number of hydrogen-bond acceptors (Lipinski definition) is 5. The zero-order valence-corrected chi connectivity index (χ0v) is 15.2. The fourth-order valence-electron chi connectivity index (χ4n) is 3.04. The lowest BCUT2D eigenvalue weighted by atomic mass is 9.98. The number of aryl methyl sites for hydroxylation is 2. The first kappa shape index (κ1) is 17.8. The van der Waals surface area contributed by atoms with Crippen molar-refractivity contribution in [1.29, 1.82) is 0 Å². The lowest BCUT2D eigenvalue weighted by Crippen LogP contribution is -2.42. The lowest BCUT2D eigenvalue weighted by Gasteiger charge is -2.29. The Labute approximate surface area is 152 Å². The van der Waals surface area contributed by atoms with Crippen LogP contribution in [0.2, 0.25) is 0 Å². The van der Waals surface area contributed by atoms with Crippen LogP contribution in [0.5, 0.6) is 0 Å². The summed E-state index contributed by atoms with van der Waals surface area (Å²) in [6.07, 6.45) is 2.99. The molecule has 0 radical (unpaired) electrons. The number of carbonyl (C=O) groups is 2. The second-order valence-electron chi connectivity index (χ2n) is 6.86. The normalized spacial score (nSPS) is 13.9. The minimum Gasteiger partial charge on any atom is -0.340 e. The molecule has 3 rings (SSSR count). The third-order valence-corrected chi connectivity index (χ3v) is 4.41. The van der Waals surface area contributed by atoms with Crippen molar-refractivity contribution in [1.82, 2.24) is 15.5 Å². The number of fused-ring (bicyclic) bond motifs is 1. The average Bonchev–Trinajstić information content (AvgIpc) is 3.07. The highest BCUT2D eigenvalue weighted by Gasteiger charge is 2.29. The predicted octanol–water partition coefficient (Wildman–Crippen LogP) is 2.51. The van der Waals surface area contributed by atoms with Gasteiger partial charge in [-0.15, -0.1) is 0 Å². The van der Waals surface area contributed by atoms with Gasteiger partial charge in [-0.25, -0.2) is 0 Å². The molecule has 0 spiro atoms. The predicted molar refractivity (Wildman–Crippen MR) is 96.8 cm³/mol. The molecule has 7 heteroatoms. The summed E-state index contributed by atoms with van der Waals surface area (Å²) >= 11 is 0. The quantitative estimate of drug-likeness (QED) is 0.852. The van der Waals surface area contributed by atoms with E-state index < -0.39 is 5.54 Å². The standard InChI is InChI=1S/C19H22N4O3/c1-5-16(24)23-10-6-7-13-11-14(8-9-15(13)23)17(25)21-19(3,4)18-20-12(2)26-22-18/h5,8-9,11H,1,6-7,10H2,2-4H3,(H,21,25). The fourth-order valence-corrected chi connectivity index (χ4v) is 3.04. The summed E-state index contributed by atoms with van der Waals surface area (Å²) in [5.74, 6) is 0.510. The van der Waals surface area contributed by atoms with Gasteiger partial charge in [0.25, 0.3) is 5.91 Å². The van der Waals surface area contributed by atoms with Gasteiger partial charge in [-0.1, -0.05) is 11.7 Å². The number of nitrogens with zero attached hydrogens (tertiary/aromatic N) is 3. The van der Waals surface area contributed by atoms with Gasteiger partial charge in [-0.2, -0.15) is 4.98 Å². The van der Waals surface area contributed by atoms with Gasteiger partial charge in [0.15, 0.2) is 5.82 Å². The smallest absolute Gasteiger partial charge is 0.252 e. The topological polar surface area (TPSA) is 88.3 Å². The number of aromatic nitrogens is 2. The van der Waals surface area contributed by atoms with Crippen LogP contribution in [0.4, 0.5) is 5.69 Å². The zero-order chi connectivity index (χ0) is 18.9. The Balaban J connectivity index is 1.83. The molecule has 2 amide bonds. The van der Waals surface area contributed by atoms with Crippen LogP contribution in [-0.4, -0.2) is 28.5 Å². The molecule has 0 saturated heterocycles. The van der Waals surface area contributed by atoms with Gasteiger partial charge in [0, 0.05) is 24.7 Å². The van der Waals surface area contributed by atoms with Crippen LogP contribution in [0.25, 0.3) is 0 Å². The first-order valence-electron chi connectivity index (χ1n) is 8.52. The number of nitrogens with one attached hydrogen (secondary N) is 1. The van der Waals surface area contributed by atoms with Crippen molar-refractivity contribution in [2.45, 2.75) is 39.2 Å². The summed E-state index contributed by atoms with van der Waals surface area (Å²) in [7, 11) is 0. The summed E-state index contributed by atoms with van der Waals surface area (Å²) in [6, 6.07) is 5.38. The minimum absolute atomic E-state index is 0.128. The van der Waals surface area contributed by atoms with E-state index in [0.717, 1.165) is 24.1 Å². The number of carbonyl (C=O) groups excluding carboxylic acids is 2. The zero-order valence-electron chi connectivity index (χ0n) is 15.2. The average molecular weight is 354 g/mol. The molecule has 0 atom stereocenters. The maximum Gasteiger partial charge on any atom is 0.252 e. The molecule has 136 valence electrons. The van der Waals surface area contributed by atoms with Gasteiger partial charge < -0.3 is 14.7 Å². The molecule has 0 saturated carbocycles. The Morgan fingerprint density at radius 3 is 2.81 bits per heavy atom. The van der Waals surface area contributed by atoms with Crippen LogP contribution in [-0.2, 0) is 16.8 Å². The highest BCUT2D eigenvalue weighted by Crippen LogP contribution is 2.29. The Morgan fingerprint density at radius 2 is 2.15 bits per heavy atom. The van der Waals surface area contributed by atoms with E-state index >= 15 is 0 Å². The highest BCUT2D eigenvalue weighted by molar-refractivity contribution is 6.02. The first-order chi connectivity index (χ1) is 12.3. The minimum atomic E-state index is -0.768. The third kappa shape index (κ3) is 3.37. The molecule has 7 nitrogen and oxygen atoms in total. The molecule has 1 aliphatic heterocycles. The van der Waals surface area contributed by atoms with E-state index in [2.05, 4.69) is 22.0 Å². The van der Waals surface area contributed by atoms with Crippen molar-refractivity contribution in [3.63, 3.8) is 0 Å². The summed E-state index contributed by atoms with van der Waals surface area (Å²) in [5.41, 5.74) is 1.58. The van der Waals surface area contributed by atoms with Crippen molar-refractivity contribution in [2.75, 3.05) is 11.4 Å². The molecule has 0 aliphatic carbocycles. The number of rotatable bonds is 4. The van der Waals surface area contributed by atoms with E-state index in [4.69, 9.17) is 4.52 Å². The Bertz CT molecular complexity index is 869. The van der Waals surface area contributed by atoms with Gasteiger partial charge >= 0.3 is 0 Å². The van der Waals surface area contributed by atoms with E-state index in [0.29, 0.717) is 23.8 Å². The summed E-state index contributed by atoms with van der Waals surface area (Å²) in [5, 5.41) is 6.82.